The summed E-state index contributed by atoms with van der Waals surface area (Å²) in [5, 5.41) is 3.78. The average molecular weight is 349 g/mol. The molecule has 0 saturated heterocycles. The number of hydrogen-bond acceptors (Lipinski definition) is 4. The standard InChI is InChI=1S/C20H19N3O3/c1-23-16(14-5-3-4-6-18(14)26-2)8-12-9-19(21-10-17(12)23)22-20(25)15-7-13(15)11-24/h3-6,8-11,13,15H,7H2,1-2H3,(H,21,22,25)/t13-,15-/m1/s1. The van der Waals surface area contributed by atoms with Gasteiger partial charge < -0.3 is 19.4 Å². The van der Waals surface area contributed by atoms with E-state index in [4.69, 9.17) is 4.74 Å². The van der Waals surface area contributed by atoms with Gasteiger partial charge in [0.1, 0.15) is 17.9 Å². The zero-order valence-electron chi connectivity index (χ0n) is 14.6. The van der Waals surface area contributed by atoms with Gasteiger partial charge >= 0.3 is 0 Å². The van der Waals surface area contributed by atoms with Crippen LogP contribution in [-0.2, 0) is 16.6 Å². The Labute approximate surface area is 150 Å². The molecule has 0 spiro atoms. The summed E-state index contributed by atoms with van der Waals surface area (Å²) in [5.41, 5.74) is 2.96. The fraction of sp³-hybridized carbons (Fsp3) is 0.250. The zero-order valence-corrected chi connectivity index (χ0v) is 14.6. The van der Waals surface area contributed by atoms with Gasteiger partial charge in [-0.05, 0) is 30.7 Å². The van der Waals surface area contributed by atoms with Crippen molar-refractivity contribution < 1.29 is 14.3 Å². The van der Waals surface area contributed by atoms with Crippen molar-refractivity contribution in [3.05, 3.63) is 42.6 Å². The molecule has 3 aromatic rings. The second kappa shape index (κ2) is 6.29. The van der Waals surface area contributed by atoms with E-state index >= 15 is 0 Å². The Kier molecular flexibility index (Phi) is 3.95. The summed E-state index contributed by atoms with van der Waals surface area (Å²) in [6.07, 6.45) is 3.21. The molecule has 0 bridgehead atoms. The van der Waals surface area contributed by atoms with Crippen LogP contribution in [0.1, 0.15) is 6.42 Å². The predicted molar refractivity (Wildman–Crippen MR) is 99.0 cm³/mol. The molecular weight excluding hydrogens is 330 g/mol. The summed E-state index contributed by atoms with van der Waals surface area (Å²) in [5.74, 6) is 0.789. The van der Waals surface area contributed by atoms with E-state index in [2.05, 4.69) is 20.9 Å². The number of pyridine rings is 1. The number of amides is 1. The highest BCUT2D eigenvalue weighted by Gasteiger charge is 2.42. The topological polar surface area (TPSA) is 73.2 Å². The first-order valence-electron chi connectivity index (χ1n) is 8.47. The van der Waals surface area contributed by atoms with E-state index in [1.165, 1.54) is 0 Å². The van der Waals surface area contributed by atoms with E-state index in [1.54, 1.807) is 13.3 Å². The molecule has 132 valence electrons. The number of carbonyl (C=O) groups excluding carboxylic acids is 2. The highest BCUT2D eigenvalue weighted by Crippen LogP contribution is 2.38. The molecule has 1 fully saturated rings. The first kappa shape index (κ1) is 16.3. The number of ether oxygens (including phenoxy) is 1. The molecular formula is C20H19N3O3. The van der Waals surface area contributed by atoms with Gasteiger partial charge in [0, 0.05) is 29.8 Å². The molecule has 1 aliphatic rings. The lowest BCUT2D eigenvalue weighted by Gasteiger charge is -2.09. The number of carbonyl (C=O) groups is 2. The van der Waals surface area contributed by atoms with E-state index in [0.717, 1.165) is 34.2 Å². The quantitative estimate of drug-likeness (QED) is 0.719. The number of rotatable bonds is 5. The van der Waals surface area contributed by atoms with Crippen molar-refractivity contribution in [1.82, 2.24) is 9.55 Å². The van der Waals surface area contributed by atoms with Crippen LogP contribution in [0.5, 0.6) is 5.75 Å². The van der Waals surface area contributed by atoms with E-state index in [1.807, 2.05) is 37.4 Å². The molecule has 0 radical (unpaired) electrons. The van der Waals surface area contributed by atoms with Crippen LogP contribution in [0.15, 0.2) is 42.6 Å². The average Bonchev–Trinajstić information content (AvgIpc) is 3.39. The number of para-hydroxylation sites is 1. The number of anilines is 1. The maximum atomic E-state index is 12.1. The molecule has 1 N–H and O–H groups in total. The van der Waals surface area contributed by atoms with E-state index in [0.29, 0.717) is 12.2 Å². The third-order valence-corrected chi connectivity index (χ3v) is 4.91. The van der Waals surface area contributed by atoms with E-state index in [-0.39, 0.29) is 17.7 Å². The second-order valence-electron chi connectivity index (χ2n) is 6.55. The molecule has 1 saturated carbocycles. The van der Waals surface area contributed by atoms with Crippen LogP contribution in [0.25, 0.3) is 22.2 Å². The van der Waals surface area contributed by atoms with Crippen LogP contribution in [0.4, 0.5) is 5.82 Å². The molecule has 6 nitrogen and oxygen atoms in total. The highest BCUT2D eigenvalue weighted by atomic mass is 16.5. The number of fused-ring (bicyclic) bond motifs is 1. The van der Waals surface area contributed by atoms with Gasteiger partial charge in [-0.2, -0.15) is 0 Å². The number of methoxy groups -OCH3 is 1. The molecule has 2 heterocycles. The molecule has 0 unspecified atom stereocenters. The maximum Gasteiger partial charge on any atom is 0.229 e. The molecule has 1 aliphatic carbocycles. The minimum Gasteiger partial charge on any atom is -0.496 e. The lowest BCUT2D eigenvalue weighted by atomic mass is 10.1. The fourth-order valence-corrected chi connectivity index (χ4v) is 3.30. The summed E-state index contributed by atoms with van der Waals surface area (Å²) >= 11 is 0. The Morgan fingerprint density at radius 1 is 1.35 bits per heavy atom. The second-order valence-corrected chi connectivity index (χ2v) is 6.55. The van der Waals surface area contributed by atoms with Crippen LogP contribution in [-0.4, -0.2) is 28.9 Å². The Hall–Kier alpha value is -3.15. The summed E-state index contributed by atoms with van der Waals surface area (Å²) in [6, 6.07) is 11.7. The van der Waals surface area contributed by atoms with Crippen LogP contribution in [0.3, 0.4) is 0 Å². The van der Waals surface area contributed by atoms with Gasteiger partial charge in [0.15, 0.2) is 0 Å². The van der Waals surface area contributed by atoms with Gasteiger partial charge in [-0.3, -0.25) is 4.79 Å². The van der Waals surface area contributed by atoms with Crippen molar-refractivity contribution >= 4 is 28.9 Å². The predicted octanol–water partition coefficient (Wildman–Crippen LogP) is 3.02. The normalized spacial score (nSPS) is 18.5. The van der Waals surface area contributed by atoms with Gasteiger partial charge in [-0.15, -0.1) is 0 Å². The van der Waals surface area contributed by atoms with Gasteiger partial charge in [0.2, 0.25) is 5.91 Å². The lowest BCUT2D eigenvalue weighted by Crippen LogP contribution is -2.15. The molecule has 0 aliphatic heterocycles. The van der Waals surface area contributed by atoms with Crippen molar-refractivity contribution in [3.63, 3.8) is 0 Å². The largest absolute Gasteiger partial charge is 0.496 e. The summed E-state index contributed by atoms with van der Waals surface area (Å²) < 4.78 is 7.52. The Bertz CT molecular complexity index is 1010. The Morgan fingerprint density at radius 2 is 2.15 bits per heavy atom. The van der Waals surface area contributed by atoms with Crippen molar-refractivity contribution in [3.8, 4) is 17.0 Å². The highest BCUT2D eigenvalue weighted by molar-refractivity contribution is 5.98. The number of nitrogens with one attached hydrogen (secondary N) is 1. The fourth-order valence-electron chi connectivity index (χ4n) is 3.30. The third kappa shape index (κ3) is 2.73. The van der Waals surface area contributed by atoms with Crippen molar-refractivity contribution in [1.29, 1.82) is 0 Å². The third-order valence-electron chi connectivity index (χ3n) is 4.91. The first-order valence-corrected chi connectivity index (χ1v) is 8.47. The molecule has 2 atom stereocenters. The summed E-state index contributed by atoms with van der Waals surface area (Å²) in [4.78, 5) is 27.2. The Morgan fingerprint density at radius 3 is 2.88 bits per heavy atom. The van der Waals surface area contributed by atoms with E-state index in [9.17, 15) is 9.59 Å². The van der Waals surface area contributed by atoms with Crippen LogP contribution >= 0.6 is 0 Å². The summed E-state index contributed by atoms with van der Waals surface area (Å²) in [6.45, 7) is 0. The monoisotopic (exact) mass is 349 g/mol. The number of benzene rings is 1. The zero-order chi connectivity index (χ0) is 18.3. The first-order chi connectivity index (χ1) is 12.6. The smallest absolute Gasteiger partial charge is 0.229 e. The van der Waals surface area contributed by atoms with Crippen molar-refractivity contribution in [2.75, 3.05) is 12.4 Å². The van der Waals surface area contributed by atoms with Crippen LogP contribution < -0.4 is 10.1 Å². The minimum absolute atomic E-state index is 0.144. The SMILES string of the molecule is COc1ccccc1-c1cc2cc(NC(=O)[C@@H]3C[C@@H]3C=O)ncc2n1C. The molecule has 26 heavy (non-hydrogen) atoms. The van der Waals surface area contributed by atoms with Gasteiger partial charge in [0.05, 0.1) is 24.5 Å². The van der Waals surface area contributed by atoms with E-state index < -0.39 is 0 Å². The maximum absolute atomic E-state index is 12.1. The van der Waals surface area contributed by atoms with Crippen molar-refractivity contribution in [2.45, 2.75) is 6.42 Å². The number of nitrogens with zero attached hydrogens (tertiary/aromatic N) is 2. The number of aromatic nitrogens is 2. The summed E-state index contributed by atoms with van der Waals surface area (Å²) in [7, 11) is 3.63. The van der Waals surface area contributed by atoms with Crippen LogP contribution in [0.2, 0.25) is 0 Å². The van der Waals surface area contributed by atoms with Crippen molar-refractivity contribution in [2.24, 2.45) is 18.9 Å². The van der Waals surface area contributed by atoms with Gasteiger partial charge in [-0.1, -0.05) is 12.1 Å². The molecule has 1 amide bonds. The lowest BCUT2D eigenvalue weighted by molar-refractivity contribution is -0.119. The molecule has 6 heteroatoms. The molecule has 1 aromatic carbocycles. The van der Waals surface area contributed by atoms with Gasteiger partial charge in [-0.25, -0.2) is 4.98 Å². The number of aryl methyl sites for hydroxylation is 1. The number of hydrogen-bond donors (Lipinski definition) is 1. The Balaban J connectivity index is 1.67. The molecule has 2 aromatic heterocycles. The number of aldehydes is 1. The van der Waals surface area contributed by atoms with Crippen LogP contribution in [0, 0.1) is 11.8 Å². The van der Waals surface area contributed by atoms with Gasteiger partial charge in [0.25, 0.3) is 0 Å². The minimum atomic E-state index is -0.218. The molecule has 4 rings (SSSR count).